The van der Waals surface area contributed by atoms with Crippen LogP contribution in [0, 0.1) is 15.9 Å². The fraction of sp³-hybridized carbons (Fsp3) is 0.169. The standard InChI is InChI=1S/C65H54N4O.Pt/c1-64(2,3)48-34-35-66-62(39-48)69-58-33-28-47(43-18-10-7-11-19-43)36-56(58)52-31-30-51(41-61(52)69)70-50-29-26-46-27-32-57(53(46)40-50)67-42-68(60-25-17-16-24-59(60)67)63-54(44-20-12-8-13-21-44)37-49(65(4,5)6)38-55(63)45-22-14-9-15-23-45;/h7-26,28-31,33-39,57H,27,32H2,1-6H3;/q-2;. The SMILES string of the molecule is CC(C)(C)c1ccnc(-n2c3[c-]c(Oc4[c-]c5c(cc4)CCC5n4[c](=[Pt])n(-c5c(-c6ccccc6)cc(C(C)(C)C)cc5-c5ccccc5)c5ccccc54)ccc3c3cc(-c4ccccc4)ccc32)c1. The van der Waals surface area contributed by atoms with Gasteiger partial charge in [0.25, 0.3) is 0 Å². The van der Waals surface area contributed by atoms with E-state index in [4.69, 9.17) is 9.72 Å². The molecule has 0 aliphatic heterocycles. The summed E-state index contributed by atoms with van der Waals surface area (Å²) in [5.74, 6) is 2.15. The average molecular weight is 1100 g/mol. The number of hydrogen-bond acceptors (Lipinski definition) is 2. The Hall–Kier alpha value is -7.33. The van der Waals surface area contributed by atoms with E-state index in [1.54, 1.807) is 0 Å². The summed E-state index contributed by atoms with van der Waals surface area (Å²) in [5, 5.41) is 2.23. The van der Waals surface area contributed by atoms with Crippen LogP contribution >= 0.6 is 0 Å². The van der Waals surface area contributed by atoms with E-state index in [1.165, 1.54) is 61.3 Å². The number of ether oxygens (including phenoxy) is 1. The van der Waals surface area contributed by atoms with Gasteiger partial charge in [-0.2, -0.15) is 0 Å². The summed E-state index contributed by atoms with van der Waals surface area (Å²) in [6.07, 6.45) is 3.83. The number of hydrogen-bond donors (Lipinski definition) is 0. The topological polar surface area (TPSA) is 36.9 Å². The van der Waals surface area contributed by atoms with Crippen LogP contribution in [-0.4, -0.2) is 18.7 Å². The molecule has 11 aromatic rings. The fourth-order valence-electron chi connectivity index (χ4n) is 10.6. The van der Waals surface area contributed by atoms with Gasteiger partial charge in [-0.3, -0.25) is 0 Å². The molecule has 0 N–H and O–H groups in total. The van der Waals surface area contributed by atoms with Gasteiger partial charge < -0.3 is 0 Å². The predicted octanol–water partition coefficient (Wildman–Crippen LogP) is 16.5. The van der Waals surface area contributed by atoms with Crippen LogP contribution in [0.15, 0.2) is 188 Å². The maximum absolute atomic E-state index is 6.85. The number of rotatable bonds is 8. The summed E-state index contributed by atoms with van der Waals surface area (Å²) in [5.41, 5.74) is 17.5. The number of fused-ring (bicyclic) bond motifs is 5. The van der Waals surface area contributed by atoms with Crippen LogP contribution in [-0.2, 0) is 36.6 Å². The summed E-state index contributed by atoms with van der Waals surface area (Å²) < 4.78 is 15.3. The van der Waals surface area contributed by atoms with E-state index in [9.17, 15) is 0 Å². The number of imidazole rings is 1. The van der Waals surface area contributed by atoms with Crippen LogP contribution in [0.1, 0.15) is 76.3 Å². The van der Waals surface area contributed by atoms with Crippen molar-refractivity contribution < 1.29 is 24.1 Å². The van der Waals surface area contributed by atoms with Crippen LogP contribution in [0.25, 0.3) is 77.7 Å². The number of aryl methyl sites for hydroxylation is 1. The second-order valence-electron chi connectivity index (χ2n) is 20.9. The molecule has 0 spiro atoms. The van der Waals surface area contributed by atoms with Crippen molar-refractivity contribution in [2.24, 2.45) is 0 Å². The van der Waals surface area contributed by atoms with Crippen molar-refractivity contribution in [1.82, 2.24) is 18.7 Å². The zero-order chi connectivity index (χ0) is 48.6. The Balaban J connectivity index is 0.985. The molecule has 12 rings (SSSR count). The Labute approximate surface area is 427 Å². The number of aromatic nitrogens is 4. The Kier molecular flexibility index (Phi) is 11.1. The fourth-order valence-corrected chi connectivity index (χ4v) is 11.7. The number of pyridine rings is 1. The third-order valence-corrected chi connectivity index (χ3v) is 15.4. The van der Waals surface area contributed by atoms with Crippen LogP contribution in [0.3, 0.4) is 0 Å². The molecule has 5 nitrogen and oxygen atoms in total. The normalized spacial score (nSPS) is 13.9. The molecule has 352 valence electrons. The molecule has 3 heterocycles. The molecule has 8 aromatic carbocycles. The molecule has 1 atom stereocenters. The molecule has 1 aliphatic rings. The van der Waals surface area contributed by atoms with Gasteiger partial charge in [-0.05, 0) is 40.3 Å². The van der Waals surface area contributed by atoms with Crippen molar-refractivity contribution >= 4 is 32.8 Å². The molecule has 0 fully saturated rings. The van der Waals surface area contributed by atoms with Gasteiger partial charge >= 0.3 is 315 Å². The number of nitrogens with zero attached hydrogens (tertiary/aromatic N) is 4. The van der Waals surface area contributed by atoms with Gasteiger partial charge in [0.2, 0.25) is 0 Å². The minimum atomic E-state index is -0.0650. The molecule has 0 saturated carbocycles. The first-order chi connectivity index (χ1) is 34.4. The van der Waals surface area contributed by atoms with Crippen molar-refractivity contribution in [1.29, 1.82) is 0 Å². The summed E-state index contributed by atoms with van der Waals surface area (Å²) in [6.45, 7) is 13.7. The van der Waals surface area contributed by atoms with E-state index in [2.05, 4.69) is 263 Å². The van der Waals surface area contributed by atoms with Gasteiger partial charge in [0.05, 0.1) is 0 Å². The van der Waals surface area contributed by atoms with E-state index in [0.29, 0.717) is 11.5 Å². The van der Waals surface area contributed by atoms with E-state index in [-0.39, 0.29) is 16.9 Å². The number of para-hydroxylation sites is 2. The van der Waals surface area contributed by atoms with Gasteiger partial charge in [0, 0.05) is 6.20 Å². The van der Waals surface area contributed by atoms with Gasteiger partial charge in [0.15, 0.2) is 0 Å². The zero-order valence-corrected chi connectivity index (χ0v) is 43.2. The molecule has 0 saturated heterocycles. The summed E-state index contributed by atoms with van der Waals surface area (Å²) >= 11 is 2.59. The Morgan fingerprint density at radius 1 is 0.535 bits per heavy atom. The van der Waals surface area contributed by atoms with E-state index in [0.717, 1.165) is 55.3 Å². The third-order valence-electron chi connectivity index (χ3n) is 14.3. The quantitative estimate of drug-likeness (QED) is 0.142. The monoisotopic (exact) mass is 1100 g/mol. The summed E-state index contributed by atoms with van der Waals surface area (Å²) in [7, 11) is 0. The Morgan fingerprint density at radius 3 is 1.80 bits per heavy atom. The van der Waals surface area contributed by atoms with E-state index < -0.39 is 0 Å². The van der Waals surface area contributed by atoms with Crippen molar-refractivity contribution in [3.8, 4) is 56.4 Å². The molecular formula is C65H54N4OPt-2. The van der Waals surface area contributed by atoms with Gasteiger partial charge in [0.1, 0.15) is 0 Å². The van der Waals surface area contributed by atoms with Crippen molar-refractivity contribution in [3.63, 3.8) is 0 Å². The molecule has 0 bridgehead atoms. The molecule has 0 radical (unpaired) electrons. The Morgan fingerprint density at radius 2 is 1.14 bits per heavy atom. The van der Waals surface area contributed by atoms with Gasteiger partial charge in [-0.15, -0.1) is 0 Å². The van der Waals surface area contributed by atoms with E-state index in [1.807, 2.05) is 12.3 Å². The van der Waals surface area contributed by atoms with Crippen LogP contribution < -0.4 is 4.74 Å². The van der Waals surface area contributed by atoms with Crippen molar-refractivity contribution in [2.75, 3.05) is 0 Å². The second kappa shape index (κ2) is 17.5. The third kappa shape index (κ3) is 8.01. The van der Waals surface area contributed by atoms with Crippen molar-refractivity contribution in [2.45, 2.75) is 71.3 Å². The minimum Gasteiger partial charge on any atom is -0.0622 e. The molecule has 1 unspecified atom stereocenters. The summed E-state index contributed by atoms with van der Waals surface area (Å²) in [6, 6.07) is 73.3. The molecule has 3 aromatic heterocycles. The predicted molar refractivity (Wildman–Crippen MR) is 287 cm³/mol. The first kappa shape index (κ1) is 44.8. The van der Waals surface area contributed by atoms with Gasteiger partial charge in [-0.1, -0.05) is 63.2 Å². The van der Waals surface area contributed by atoms with Crippen LogP contribution in [0.5, 0.6) is 11.5 Å². The molecule has 1 aliphatic carbocycles. The summed E-state index contributed by atoms with van der Waals surface area (Å²) in [4.78, 5) is 4.96. The van der Waals surface area contributed by atoms with Crippen LogP contribution in [0.4, 0.5) is 0 Å². The first-order valence-corrected chi connectivity index (χ1v) is 25.8. The first-order valence-electron chi connectivity index (χ1n) is 24.6. The number of benzene rings is 8. The molecule has 0 amide bonds. The van der Waals surface area contributed by atoms with Crippen LogP contribution in [0.2, 0.25) is 0 Å². The molecule has 6 heteroatoms. The van der Waals surface area contributed by atoms with Gasteiger partial charge in [-0.25, -0.2) is 4.98 Å². The molecular weight excluding hydrogens is 1050 g/mol. The zero-order valence-electron chi connectivity index (χ0n) is 40.9. The average Bonchev–Trinajstić information content (AvgIpc) is 4.04. The maximum atomic E-state index is 6.85. The minimum absolute atomic E-state index is 0.0374. The second-order valence-corrected chi connectivity index (χ2v) is 21.9. The van der Waals surface area contributed by atoms with Crippen molar-refractivity contribution in [3.05, 3.63) is 226 Å². The van der Waals surface area contributed by atoms with E-state index >= 15 is 0 Å². The Bertz CT molecular complexity index is 3830. The smallest absolute Gasteiger partial charge is 0.0622 e. The molecule has 71 heavy (non-hydrogen) atoms.